The lowest BCUT2D eigenvalue weighted by atomic mass is 9.89. The molecule has 0 bridgehead atoms. The van der Waals surface area contributed by atoms with Crippen molar-refractivity contribution < 1.29 is 4.79 Å². The summed E-state index contributed by atoms with van der Waals surface area (Å²) in [6, 6.07) is 0. The number of thiophene rings is 1. The molecule has 2 aromatic heterocycles. The zero-order valence-electron chi connectivity index (χ0n) is 15.7. The van der Waals surface area contributed by atoms with E-state index in [1.807, 2.05) is 4.90 Å². The van der Waals surface area contributed by atoms with Crippen LogP contribution in [0.15, 0.2) is 11.1 Å². The molecule has 26 heavy (non-hydrogen) atoms. The maximum absolute atomic E-state index is 13.1. The van der Waals surface area contributed by atoms with Crippen molar-refractivity contribution in [1.29, 1.82) is 0 Å². The van der Waals surface area contributed by atoms with Crippen molar-refractivity contribution in [2.24, 2.45) is 11.8 Å². The van der Waals surface area contributed by atoms with Crippen LogP contribution in [0.5, 0.6) is 0 Å². The predicted octanol–water partition coefficient (Wildman–Crippen LogP) is 3.23. The van der Waals surface area contributed by atoms with E-state index in [1.54, 1.807) is 17.7 Å². The highest BCUT2D eigenvalue weighted by Crippen LogP contribution is 2.35. The fraction of sp³-hybridized carbons (Fsp3) is 0.650. The molecule has 1 fully saturated rings. The van der Waals surface area contributed by atoms with Gasteiger partial charge in [0.05, 0.1) is 11.7 Å². The van der Waals surface area contributed by atoms with Gasteiger partial charge in [0.25, 0.3) is 5.56 Å². The maximum atomic E-state index is 13.1. The molecule has 6 heteroatoms. The van der Waals surface area contributed by atoms with Gasteiger partial charge in [0.15, 0.2) is 0 Å². The summed E-state index contributed by atoms with van der Waals surface area (Å²) in [5.41, 5.74) is 1.14. The molecule has 140 valence electrons. The number of carbonyl (C=O) groups excluding carboxylic acids is 1. The van der Waals surface area contributed by atoms with Crippen molar-refractivity contribution in [3.8, 4) is 0 Å². The van der Waals surface area contributed by atoms with Crippen molar-refractivity contribution in [2.45, 2.75) is 58.9 Å². The van der Waals surface area contributed by atoms with E-state index in [9.17, 15) is 9.59 Å². The number of nitrogens with zero attached hydrogens (tertiary/aromatic N) is 3. The van der Waals surface area contributed by atoms with E-state index in [0.717, 1.165) is 49.0 Å². The second-order valence-electron chi connectivity index (χ2n) is 7.99. The number of rotatable bonds is 6. The molecule has 2 heterocycles. The molecule has 0 spiro atoms. The first-order valence-corrected chi connectivity index (χ1v) is 10.7. The first-order valence-electron chi connectivity index (χ1n) is 9.84. The fourth-order valence-corrected chi connectivity index (χ4v) is 5.27. The monoisotopic (exact) mass is 373 g/mol. The summed E-state index contributed by atoms with van der Waals surface area (Å²) in [5.74, 6) is 1.37. The van der Waals surface area contributed by atoms with Crippen molar-refractivity contribution in [2.75, 3.05) is 13.1 Å². The van der Waals surface area contributed by atoms with Crippen LogP contribution >= 0.6 is 11.3 Å². The van der Waals surface area contributed by atoms with Gasteiger partial charge >= 0.3 is 0 Å². The number of aromatic nitrogens is 2. The third-order valence-corrected chi connectivity index (χ3v) is 6.77. The molecule has 0 aliphatic heterocycles. The Morgan fingerprint density at radius 1 is 1.38 bits per heavy atom. The van der Waals surface area contributed by atoms with Gasteiger partial charge in [-0.1, -0.05) is 13.8 Å². The second kappa shape index (κ2) is 7.14. The van der Waals surface area contributed by atoms with Crippen LogP contribution in [0.2, 0.25) is 0 Å². The highest BCUT2D eigenvalue weighted by Gasteiger charge is 2.27. The average molecular weight is 374 g/mol. The highest BCUT2D eigenvalue weighted by atomic mass is 32.1. The van der Waals surface area contributed by atoms with E-state index in [0.29, 0.717) is 11.8 Å². The van der Waals surface area contributed by atoms with Crippen LogP contribution in [-0.2, 0) is 24.2 Å². The van der Waals surface area contributed by atoms with E-state index in [4.69, 9.17) is 0 Å². The van der Waals surface area contributed by atoms with Gasteiger partial charge < -0.3 is 4.90 Å². The minimum atomic E-state index is -0.0433. The quantitative estimate of drug-likeness (QED) is 0.781. The molecule has 5 nitrogen and oxygen atoms in total. The number of hydrogen-bond acceptors (Lipinski definition) is 4. The normalized spacial score (nSPS) is 19.5. The van der Waals surface area contributed by atoms with Gasteiger partial charge in [-0.3, -0.25) is 14.2 Å². The van der Waals surface area contributed by atoms with Gasteiger partial charge in [-0.2, -0.15) is 0 Å². The molecular formula is C20H27N3O2S. The summed E-state index contributed by atoms with van der Waals surface area (Å²) in [7, 11) is 0. The lowest BCUT2D eigenvalue weighted by Crippen LogP contribution is -2.38. The molecular weight excluding hydrogens is 346 g/mol. The van der Waals surface area contributed by atoms with Crippen LogP contribution in [-0.4, -0.2) is 33.4 Å². The van der Waals surface area contributed by atoms with Gasteiger partial charge in [0.1, 0.15) is 11.4 Å². The molecule has 0 N–H and O–H groups in total. The SMILES string of the molecule is CCCN(CC1CC1)C(=O)Cn1cnc2sc3c(c2c1=O)CC[C@@H](C)C3. The number of fused-ring (bicyclic) bond motifs is 3. The molecule has 0 radical (unpaired) electrons. The maximum Gasteiger partial charge on any atom is 0.262 e. The second-order valence-corrected chi connectivity index (χ2v) is 9.08. The Balaban J connectivity index is 1.61. The molecule has 0 saturated heterocycles. The lowest BCUT2D eigenvalue weighted by molar-refractivity contribution is -0.132. The number of hydrogen-bond donors (Lipinski definition) is 0. The van der Waals surface area contributed by atoms with Gasteiger partial charge in [0.2, 0.25) is 5.91 Å². The minimum absolute atomic E-state index is 0.0414. The number of aryl methyl sites for hydroxylation is 1. The van der Waals surface area contributed by atoms with Crippen molar-refractivity contribution >= 4 is 27.5 Å². The first kappa shape index (κ1) is 17.7. The van der Waals surface area contributed by atoms with Crippen molar-refractivity contribution in [1.82, 2.24) is 14.5 Å². The van der Waals surface area contributed by atoms with Crippen LogP contribution in [0, 0.1) is 11.8 Å². The third-order valence-electron chi connectivity index (χ3n) is 5.61. The summed E-state index contributed by atoms with van der Waals surface area (Å²) in [4.78, 5) is 34.4. The molecule has 4 rings (SSSR count). The largest absolute Gasteiger partial charge is 0.341 e. The molecule has 2 aliphatic carbocycles. The Bertz CT molecular complexity index is 881. The number of amides is 1. The highest BCUT2D eigenvalue weighted by molar-refractivity contribution is 7.18. The average Bonchev–Trinajstić information content (AvgIpc) is 3.35. The van der Waals surface area contributed by atoms with Crippen molar-refractivity contribution in [3.05, 3.63) is 27.1 Å². The number of carbonyl (C=O) groups is 1. The Hall–Kier alpha value is -1.69. The van der Waals surface area contributed by atoms with E-state index < -0.39 is 0 Å². The molecule has 1 amide bonds. The van der Waals surface area contributed by atoms with Crippen LogP contribution in [0.25, 0.3) is 10.2 Å². The van der Waals surface area contributed by atoms with Crippen molar-refractivity contribution in [3.63, 3.8) is 0 Å². The minimum Gasteiger partial charge on any atom is -0.341 e. The molecule has 1 saturated carbocycles. The molecule has 2 aliphatic rings. The van der Waals surface area contributed by atoms with E-state index in [1.165, 1.54) is 27.8 Å². The van der Waals surface area contributed by atoms with Crippen LogP contribution in [0.1, 0.15) is 50.0 Å². The van der Waals surface area contributed by atoms with Crippen LogP contribution in [0.3, 0.4) is 0 Å². The standard InChI is InChI=1S/C20H27N3O2S/c1-3-8-22(10-14-5-6-14)17(24)11-23-12-21-19-18(20(23)25)15-7-4-13(2)9-16(15)26-19/h12-14H,3-11H2,1-2H3/t13-/m1/s1. The van der Waals surface area contributed by atoms with Gasteiger partial charge in [-0.25, -0.2) is 4.98 Å². The van der Waals surface area contributed by atoms with E-state index in [-0.39, 0.29) is 18.0 Å². The Morgan fingerprint density at radius 2 is 2.19 bits per heavy atom. The topological polar surface area (TPSA) is 55.2 Å². The fourth-order valence-electron chi connectivity index (χ4n) is 3.92. The molecule has 0 unspecified atom stereocenters. The summed E-state index contributed by atoms with van der Waals surface area (Å²) in [5, 5.41) is 0.761. The zero-order valence-corrected chi connectivity index (χ0v) is 16.5. The third kappa shape index (κ3) is 3.43. The summed E-state index contributed by atoms with van der Waals surface area (Å²) >= 11 is 1.66. The predicted molar refractivity (Wildman–Crippen MR) is 105 cm³/mol. The summed E-state index contributed by atoms with van der Waals surface area (Å²) in [6.07, 6.45) is 8.07. The van der Waals surface area contributed by atoms with E-state index >= 15 is 0 Å². The molecule has 1 atom stereocenters. The van der Waals surface area contributed by atoms with Crippen LogP contribution < -0.4 is 5.56 Å². The Kier molecular flexibility index (Phi) is 4.86. The lowest BCUT2D eigenvalue weighted by Gasteiger charge is -2.22. The van der Waals surface area contributed by atoms with E-state index in [2.05, 4.69) is 18.8 Å². The van der Waals surface area contributed by atoms with Gasteiger partial charge in [0, 0.05) is 18.0 Å². The zero-order chi connectivity index (χ0) is 18.3. The molecule has 2 aromatic rings. The Labute approximate surface area is 158 Å². The van der Waals surface area contributed by atoms with Gasteiger partial charge in [-0.15, -0.1) is 11.3 Å². The smallest absolute Gasteiger partial charge is 0.262 e. The van der Waals surface area contributed by atoms with Crippen LogP contribution in [0.4, 0.5) is 0 Å². The first-order chi connectivity index (χ1) is 12.6. The Morgan fingerprint density at radius 3 is 2.92 bits per heavy atom. The summed E-state index contributed by atoms with van der Waals surface area (Å²) < 4.78 is 1.52. The summed E-state index contributed by atoms with van der Waals surface area (Å²) in [6.45, 7) is 6.06. The van der Waals surface area contributed by atoms with Gasteiger partial charge in [-0.05, 0) is 55.9 Å². The molecule has 0 aromatic carbocycles.